The highest BCUT2D eigenvalue weighted by Crippen LogP contribution is 1.95. The van der Waals surface area contributed by atoms with E-state index in [1.165, 1.54) is 0 Å². The van der Waals surface area contributed by atoms with Crippen LogP contribution in [0.5, 0.6) is 0 Å². The zero-order valence-electron chi connectivity index (χ0n) is 9.44. The SMILES string of the molecule is Cn1ccc(CNCCN2CCNC2=O)n1. The molecule has 1 saturated heterocycles. The molecule has 6 heteroatoms. The second-order valence-electron chi connectivity index (χ2n) is 3.88. The van der Waals surface area contributed by atoms with Crippen LogP contribution in [0.15, 0.2) is 12.3 Å². The van der Waals surface area contributed by atoms with E-state index in [0.29, 0.717) is 0 Å². The Morgan fingerprint density at radius 2 is 2.50 bits per heavy atom. The van der Waals surface area contributed by atoms with E-state index in [9.17, 15) is 4.79 Å². The Balaban J connectivity index is 1.63. The summed E-state index contributed by atoms with van der Waals surface area (Å²) in [5.74, 6) is 0. The first kappa shape index (κ1) is 10.9. The number of amides is 2. The van der Waals surface area contributed by atoms with E-state index in [-0.39, 0.29) is 6.03 Å². The van der Waals surface area contributed by atoms with Crippen molar-refractivity contribution in [1.29, 1.82) is 0 Å². The number of nitrogens with zero attached hydrogens (tertiary/aromatic N) is 3. The Bertz CT molecular complexity index is 362. The topological polar surface area (TPSA) is 62.2 Å². The molecule has 1 aromatic rings. The minimum Gasteiger partial charge on any atom is -0.336 e. The standard InChI is InChI=1S/C10H17N5O/c1-14-5-2-9(13-14)8-11-3-6-15-7-4-12-10(15)16/h2,5,11H,3-4,6-8H2,1H3,(H,12,16). The number of nitrogens with one attached hydrogen (secondary N) is 2. The van der Waals surface area contributed by atoms with E-state index in [4.69, 9.17) is 0 Å². The van der Waals surface area contributed by atoms with Gasteiger partial charge in [0.05, 0.1) is 5.69 Å². The smallest absolute Gasteiger partial charge is 0.317 e. The molecule has 0 aromatic carbocycles. The van der Waals surface area contributed by atoms with Gasteiger partial charge < -0.3 is 15.5 Å². The van der Waals surface area contributed by atoms with E-state index in [2.05, 4.69) is 15.7 Å². The van der Waals surface area contributed by atoms with Crippen LogP contribution in [-0.4, -0.2) is 46.9 Å². The maximum absolute atomic E-state index is 11.2. The molecule has 0 bridgehead atoms. The summed E-state index contributed by atoms with van der Waals surface area (Å²) in [5.41, 5.74) is 1.02. The molecule has 2 amide bonds. The van der Waals surface area contributed by atoms with Crippen LogP contribution >= 0.6 is 0 Å². The lowest BCUT2D eigenvalue weighted by atomic mass is 10.4. The molecule has 2 heterocycles. The first-order chi connectivity index (χ1) is 7.75. The summed E-state index contributed by atoms with van der Waals surface area (Å²) in [6.07, 6.45) is 1.92. The highest BCUT2D eigenvalue weighted by Gasteiger charge is 2.17. The Morgan fingerprint density at radius 1 is 1.62 bits per heavy atom. The third-order valence-corrected chi connectivity index (χ3v) is 2.58. The van der Waals surface area contributed by atoms with Crippen LogP contribution in [-0.2, 0) is 13.6 Å². The highest BCUT2D eigenvalue weighted by molar-refractivity contribution is 5.76. The van der Waals surface area contributed by atoms with Gasteiger partial charge in [-0.25, -0.2) is 4.79 Å². The first-order valence-corrected chi connectivity index (χ1v) is 5.48. The van der Waals surface area contributed by atoms with Gasteiger partial charge in [-0.15, -0.1) is 0 Å². The largest absolute Gasteiger partial charge is 0.336 e. The van der Waals surface area contributed by atoms with Crippen molar-refractivity contribution in [2.75, 3.05) is 26.2 Å². The third-order valence-electron chi connectivity index (χ3n) is 2.58. The lowest BCUT2D eigenvalue weighted by molar-refractivity contribution is 0.217. The van der Waals surface area contributed by atoms with Crippen molar-refractivity contribution in [3.8, 4) is 0 Å². The van der Waals surface area contributed by atoms with Gasteiger partial charge >= 0.3 is 6.03 Å². The van der Waals surface area contributed by atoms with Crippen LogP contribution in [0.2, 0.25) is 0 Å². The Morgan fingerprint density at radius 3 is 3.12 bits per heavy atom. The Kier molecular flexibility index (Phi) is 3.40. The maximum Gasteiger partial charge on any atom is 0.317 e. The molecule has 1 aromatic heterocycles. The summed E-state index contributed by atoms with van der Waals surface area (Å²) in [4.78, 5) is 13.0. The molecule has 2 N–H and O–H groups in total. The highest BCUT2D eigenvalue weighted by atomic mass is 16.2. The molecule has 0 aliphatic carbocycles. The van der Waals surface area contributed by atoms with Crippen molar-refractivity contribution >= 4 is 6.03 Å². The number of urea groups is 1. The molecule has 1 aliphatic rings. The molecule has 88 valence electrons. The fraction of sp³-hybridized carbons (Fsp3) is 0.600. The average molecular weight is 223 g/mol. The van der Waals surface area contributed by atoms with E-state index >= 15 is 0 Å². The summed E-state index contributed by atoms with van der Waals surface area (Å²) in [7, 11) is 1.90. The number of aromatic nitrogens is 2. The molecule has 16 heavy (non-hydrogen) atoms. The van der Waals surface area contributed by atoms with Crippen molar-refractivity contribution in [1.82, 2.24) is 25.3 Å². The molecule has 6 nitrogen and oxygen atoms in total. The molecule has 1 aliphatic heterocycles. The van der Waals surface area contributed by atoms with Crippen LogP contribution in [0.1, 0.15) is 5.69 Å². The second kappa shape index (κ2) is 4.98. The lowest BCUT2D eigenvalue weighted by Crippen LogP contribution is -2.34. The van der Waals surface area contributed by atoms with Gasteiger partial charge in [-0.2, -0.15) is 5.10 Å². The summed E-state index contributed by atoms with van der Waals surface area (Å²) in [5, 5.41) is 10.3. The molecule has 0 atom stereocenters. The monoisotopic (exact) mass is 223 g/mol. The van der Waals surface area contributed by atoms with Crippen molar-refractivity contribution < 1.29 is 4.79 Å². The molecule has 0 unspecified atom stereocenters. The normalized spacial score (nSPS) is 15.6. The second-order valence-corrected chi connectivity index (χ2v) is 3.88. The fourth-order valence-corrected chi connectivity index (χ4v) is 1.71. The van der Waals surface area contributed by atoms with E-state index in [1.54, 1.807) is 4.68 Å². The number of carbonyl (C=O) groups excluding carboxylic acids is 1. The fourth-order valence-electron chi connectivity index (χ4n) is 1.71. The summed E-state index contributed by atoms with van der Waals surface area (Å²) < 4.78 is 1.78. The number of carbonyl (C=O) groups is 1. The van der Waals surface area contributed by atoms with E-state index in [1.807, 2.05) is 24.2 Å². The number of hydrogen-bond donors (Lipinski definition) is 2. The summed E-state index contributed by atoms with van der Waals surface area (Å²) in [6, 6.07) is 2.02. The minimum atomic E-state index is 0.0413. The summed E-state index contributed by atoms with van der Waals surface area (Å²) in [6.45, 7) is 3.86. The number of aryl methyl sites for hydroxylation is 1. The average Bonchev–Trinajstić information content (AvgIpc) is 2.83. The molecule has 1 fully saturated rings. The van der Waals surface area contributed by atoms with Crippen LogP contribution in [0.4, 0.5) is 4.79 Å². The van der Waals surface area contributed by atoms with E-state index in [0.717, 1.165) is 38.4 Å². The van der Waals surface area contributed by atoms with Crippen molar-refractivity contribution in [3.63, 3.8) is 0 Å². The molecular weight excluding hydrogens is 206 g/mol. The predicted molar refractivity (Wildman–Crippen MR) is 59.9 cm³/mol. The number of hydrogen-bond acceptors (Lipinski definition) is 3. The molecule has 0 saturated carbocycles. The maximum atomic E-state index is 11.2. The van der Waals surface area contributed by atoms with Crippen LogP contribution in [0.25, 0.3) is 0 Å². The summed E-state index contributed by atoms with van der Waals surface area (Å²) >= 11 is 0. The van der Waals surface area contributed by atoms with Gasteiger partial charge in [0.2, 0.25) is 0 Å². The van der Waals surface area contributed by atoms with Gasteiger partial charge in [-0.1, -0.05) is 0 Å². The van der Waals surface area contributed by atoms with Crippen molar-refractivity contribution in [3.05, 3.63) is 18.0 Å². The van der Waals surface area contributed by atoms with Gasteiger partial charge in [0, 0.05) is 46.0 Å². The first-order valence-electron chi connectivity index (χ1n) is 5.48. The van der Waals surface area contributed by atoms with Crippen LogP contribution in [0.3, 0.4) is 0 Å². The van der Waals surface area contributed by atoms with Crippen molar-refractivity contribution in [2.24, 2.45) is 7.05 Å². The van der Waals surface area contributed by atoms with Crippen molar-refractivity contribution in [2.45, 2.75) is 6.54 Å². The van der Waals surface area contributed by atoms with Crippen LogP contribution in [0, 0.1) is 0 Å². The zero-order valence-corrected chi connectivity index (χ0v) is 9.44. The van der Waals surface area contributed by atoms with Gasteiger partial charge in [-0.05, 0) is 6.07 Å². The minimum absolute atomic E-state index is 0.0413. The zero-order chi connectivity index (χ0) is 11.4. The quantitative estimate of drug-likeness (QED) is 0.664. The molecule has 0 radical (unpaired) electrons. The molecular formula is C10H17N5O. The number of rotatable bonds is 5. The predicted octanol–water partition coefficient (Wildman–Crippen LogP) is -0.465. The van der Waals surface area contributed by atoms with Crippen LogP contribution < -0.4 is 10.6 Å². The van der Waals surface area contributed by atoms with Gasteiger partial charge in [0.15, 0.2) is 0 Å². The Hall–Kier alpha value is -1.56. The lowest BCUT2D eigenvalue weighted by Gasteiger charge is -2.13. The molecule has 0 spiro atoms. The third kappa shape index (κ3) is 2.73. The Labute approximate surface area is 94.6 Å². The molecule has 2 rings (SSSR count). The van der Waals surface area contributed by atoms with Gasteiger partial charge in [-0.3, -0.25) is 4.68 Å². The van der Waals surface area contributed by atoms with E-state index < -0.39 is 0 Å². The van der Waals surface area contributed by atoms with Gasteiger partial charge in [0.1, 0.15) is 0 Å². The van der Waals surface area contributed by atoms with Gasteiger partial charge in [0.25, 0.3) is 0 Å².